The van der Waals surface area contributed by atoms with E-state index < -0.39 is 6.04 Å². The molecular formula is C45H83N7O4S2. The molecule has 0 radical (unpaired) electrons. The highest BCUT2D eigenvalue weighted by Gasteiger charge is 2.26. The van der Waals surface area contributed by atoms with E-state index in [1.54, 1.807) is 59.8 Å². The summed E-state index contributed by atoms with van der Waals surface area (Å²) in [5, 5.41) is 7.23. The largest absolute Gasteiger partial charge is 0.383 e. The highest BCUT2D eigenvalue weighted by Crippen LogP contribution is 2.14. The zero-order valence-electron chi connectivity index (χ0n) is 38.9. The van der Waals surface area contributed by atoms with Gasteiger partial charge in [-0.15, -0.1) is 23.1 Å². The molecule has 0 aliphatic heterocycles. The van der Waals surface area contributed by atoms with Crippen molar-refractivity contribution in [3.8, 4) is 0 Å². The Morgan fingerprint density at radius 2 is 1.69 bits per heavy atom. The number of urea groups is 1. The Labute approximate surface area is 363 Å². The van der Waals surface area contributed by atoms with Crippen molar-refractivity contribution in [2.24, 2.45) is 10.9 Å². The third-order valence-electron chi connectivity index (χ3n) is 7.88. The lowest BCUT2D eigenvalue weighted by atomic mass is 10.0. The number of hydrogen-bond acceptors (Lipinski definition) is 10. The number of rotatable bonds is 26. The van der Waals surface area contributed by atoms with E-state index in [-0.39, 0.29) is 18.0 Å². The summed E-state index contributed by atoms with van der Waals surface area (Å²) in [6, 6.07) is -1.30. The number of methoxy groups -OCH3 is 1. The van der Waals surface area contributed by atoms with Gasteiger partial charge >= 0.3 is 6.03 Å². The molecule has 0 aliphatic rings. The smallest absolute Gasteiger partial charge is 0.317 e. The molecule has 3 amide bonds. The van der Waals surface area contributed by atoms with Crippen molar-refractivity contribution in [2.75, 3.05) is 80.1 Å². The Bertz CT molecular complexity index is 1300. The number of allylic oxidation sites excluding steroid dienone is 5. The van der Waals surface area contributed by atoms with E-state index in [1.807, 2.05) is 80.1 Å². The zero-order valence-corrected chi connectivity index (χ0v) is 40.6. The lowest BCUT2D eigenvalue weighted by Gasteiger charge is -2.29. The molecule has 0 saturated carbocycles. The van der Waals surface area contributed by atoms with Crippen molar-refractivity contribution in [2.45, 2.75) is 107 Å². The predicted molar refractivity (Wildman–Crippen MR) is 255 cm³/mol. The van der Waals surface area contributed by atoms with Crippen molar-refractivity contribution in [3.63, 3.8) is 0 Å². The van der Waals surface area contributed by atoms with Crippen LogP contribution in [-0.2, 0) is 20.9 Å². The van der Waals surface area contributed by atoms with Crippen molar-refractivity contribution in [1.29, 1.82) is 0 Å². The second-order valence-corrected chi connectivity index (χ2v) is 15.6. The first kappa shape index (κ1) is 59.2. The molecule has 2 unspecified atom stereocenters. The van der Waals surface area contributed by atoms with E-state index in [0.717, 1.165) is 21.4 Å². The molecule has 0 spiro atoms. The molecule has 11 nitrogen and oxygen atoms in total. The number of nitrogens with one attached hydrogen (secondary N) is 2. The van der Waals surface area contributed by atoms with Crippen LogP contribution in [0.25, 0.3) is 0 Å². The molecule has 0 aliphatic carbocycles. The molecule has 13 heteroatoms. The van der Waals surface area contributed by atoms with E-state index in [9.17, 15) is 9.59 Å². The van der Waals surface area contributed by atoms with Gasteiger partial charge in [0.05, 0.1) is 41.9 Å². The second kappa shape index (κ2) is 40.7. The van der Waals surface area contributed by atoms with Crippen molar-refractivity contribution < 1.29 is 19.1 Å². The molecule has 0 bridgehead atoms. The molecule has 2 atom stereocenters. The fourth-order valence-electron chi connectivity index (χ4n) is 4.77. The van der Waals surface area contributed by atoms with E-state index >= 15 is 0 Å². The fourth-order valence-corrected chi connectivity index (χ4v) is 5.52. The van der Waals surface area contributed by atoms with Gasteiger partial charge in [0.2, 0.25) is 5.91 Å². The predicted octanol–water partition coefficient (Wildman–Crippen LogP) is 9.48. The highest BCUT2D eigenvalue weighted by atomic mass is 32.2. The number of nitrogens with zero attached hydrogens (tertiary/aromatic N) is 5. The summed E-state index contributed by atoms with van der Waals surface area (Å²) in [6.45, 7) is 33.4. The number of ether oxygens (including phenoxy) is 2. The maximum absolute atomic E-state index is 14.0. The maximum atomic E-state index is 14.0. The van der Waals surface area contributed by atoms with Crippen LogP contribution in [0.5, 0.6) is 0 Å². The van der Waals surface area contributed by atoms with Gasteiger partial charge < -0.3 is 29.9 Å². The SMILES string of the molecule is C=C/C=C(\C=C)CC(CCN(COCc1cncs1)CC(/C=C\C)=C/C)NC(=O)C(CCN(C)CCOC)NC(=O)N(C)CCN=C(C)SC.CC.CC.CC(C)C. The number of carbonyl (C=O) groups excluding carboxylic acids is 2. The first-order valence-corrected chi connectivity index (χ1v) is 22.9. The first-order valence-electron chi connectivity index (χ1n) is 20.8. The van der Waals surface area contributed by atoms with Gasteiger partial charge in [0.1, 0.15) is 6.04 Å². The molecule has 1 aromatic heterocycles. The number of thiazole rings is 1. The molecule has 58 heavy (non-hydrogen) atoms. The minimum Gasteiger partial charge on any atom is -0.383 e. The number of carbonyl (C=O) groups is 2. The number of aliphatic imine (C=N–C) groups is 1. The maximum Gasteiger partial charge on any atom is 0.317 e. The minimum atomic E-state index is -0.743. The standard InChI is InChI=1S/C37H61N7O4S2.C4H10.2C2H6/c1-10-14-31(12-3)24-33(16-20-44(26-32(13-4)15-11-2)29-48-27-34-25-38-28-50-34)40-36(45)35(17-19-42(6)22-23-47-8)41-37(46)43(7)21-18-39-30(5)49-9;1-4(2)3;2*1-2/h10-15,25,28,33,35H,1,3,16-24,26-27,29H2,2,4-9H3,(H,40,45)(H,41,46);4H,1-3H3;2*1-2H3/b15-11-,31-14+,32-13+,39-30?;;;. The Hall–Kier alpha value is -3.07. The monoisotopic (exact) mass is 850 g/mol. The average molecular weight is 850 g/mol. The summed E-state index contributed by atoms with van der Waals surface area (Å²) in [5.74, 6) is 0.603. The van der Waals surface area contributed by atoms with Crippen LogP contribution >= 0.6 is 23.1 Å². The molecule has 1 aromatic rings. The van der Waals surface area contributed by atoms with Crippen LogP contribution in [0.1, 0.15) is 93.4 Å². The van der Waals surface area contributed by atoms with Crippen LogP contribution in [-0.4, -0.2) is 129 Å². The van der Waals surface area contributed by atoms with Gasteiger partial charge in [-0.3, -0.25) is 19.7 Å². The van der Waals surface area contributed by atoms with Crippen molar-refractivity contribution in [3.05, 3.63) is 77.3 Å². The van der Waals surface area contributed by atoms with Crippen LogP contribution in [0.15, 0.2) is 77.5 Å². The van der Waals surface area contributed by atoms with Gasteiger partial charge in [-0.25, -0.2) is 4.79 Å². The number of likely N-dealkylation sites (N-methyl/N-ethyl adjacent to an activating group) is 2. The molecular weight excluding hydrogens is 767 g/mol. The third-order valence-corrected chi connectivity index (χ3v) is 9.35. The van der Waals surface area contributed by atoms with Crippen molar-refractivity contribution >= 4 is 40.1 Å². The molecule has 334 valence electrons. The first-order chi connectivity index (χ1) is 27.8. The molecule has 0 fully saturated rings. The van der Waals surface area contributed by atoms with Gasteiger partial charge in [0, 0.05) is 59.1 Å². The van der Waals surface area contributed by atoms with Crippen LogP contribution < -0.4 is 10.6 Å². The van der Waals surface area contributed by atoms with Crippen molar-refractivity contribution in [1.82, 2.24) is 30.3 Å². The van der Waals surface area contributed by atoms with E-state index in [0.29, 0.717) is 78.5 Å². The summed E-state index contributed by atoms with van der Waals surface area (Å²) in [7, 11) is 5.36. The summed E-state index contributed by atoms with van der Waals surface area (Å²) in [4.78, 5) is 42.9. The number of amides is 3. The molecule has 1 rings (SSSR count). The summed E-state index contributed by atoms with van der Waals surface area (Å²) >= 11 is 3.14. The quantitative estimate of drug-likeness (QED) is 0.0411. The Kier molecular flexibility index (Phi) is 41.6. The highest BCUT2D eigenvalue weighted by molar-refractivity contribution is 8.13. The second-order valence-electron chi connectivity index (χ2n) is 13.6. The summed E-state index contributed by atoms with van der Waals surface area (Å²) in [5.41, 5.74) is 3.93. The lowest BCUT2D eigenvalue weighted by Crippen LogP contribution is -2.53. The summed E-state index contributed by atoms with van der Waals surface area (Å²) < 4.78 is 11.3. The molecule has 0 aromatic carbocycles. The zero-order chi connectivity index (χ0) is 44.7. The number of aromatic nitrogens is 1. The van der Waals surface area contributed by atoms with Crippen LogP contribution in [0.2, 0.25) is 0 Å². The Morgan fingerprint density at radius 1 is 1.02 bits per heavy atom. The van der Waals surface area contributed by atoms with E-state index in [1.165, 1.54) is 5.57 Å². The van der Waals surface area contributed by atoms with Crippen LogP contribution in [0.3, 0.4) is 0 Å². The van der Waals surface area contributed by atoms with Gasteiger partial charge in [-0.05, 0) is 70.4 Å². The molecule has 1 heterocycles. The Balaban J connectivity index is -0.00000349. The van der Waals surface area contributed by atoms with Gasteiger partial charge in [0.25, 0.3) is 0 Å². The van der Waals surface area contributed by atoms with Gasteiger partial charge in [-0.2, -0.15) is 0 Å². The topological polar surface area (TPSA) is 112 Å². The number of hydrogen-bond donors (Lipinski definition) is 2. The lowest BCUT2D eigenvalue weighted by molar-refractivity contribution is -0.124. The normalized spacial score (nSPS) is 12.8. The third kappa shape index (κ3) is 32.8. The van der Waals surface area contributed by atoms with Gasteiger partial charge in [-0.1, -0.05) is 98.1 Å². The fraction of sp³-hybridized carbons (Fsp3) is 0.644. The molecule has 0 saturated heterocycles. The molecule has 2 N–H and O–H groups in total. The van der Waals surface area contributed by atoms with Crippen LogP contribution in [0.4, 0.5) is 4.79 Å². The number of thioether (sulfide) groups is 1. The minimum absolute atomic E-state index is 0.230. The summed E-state index contributed by atoms with van der Waals surface area (Å²) in [6.07, 6.45) is 17.1. The van der Waals surface area contributed by atoms with E-state index in [4.69, 9.17) is 9.47 Å². The Morgan fingerprint density at radius 3 is 2.22 bits per heavy atom. The van der Waals surface area contributed by atoms with E-state index in [2.05, 4.69) is 76.5 Å². The van der Waals surface area contributed by atoms with Gasteiger partial charge in [0.15, 0.2) is 0 Å². The van der Waals surface area contributed by atoms with Crippen LogP contribution in [0, 0.1) is 5.92 Å². The average Bonchev–Trinajstić information content (AvgIpc) is 3.74.